The van der Waals surface area contributed by atoms with E-state index in [1.807, 2.05) is 9.80 Å². The number of carbonyl (C=O) groups excluding carboxylic acids is 3. The maximum atomic E-state index is 13.6. The van der Waals surface area contributed by atoms with Crippen LogP contribution in [0.1, 0.15) is 52.8 Å². The van der Waals surface area contributed by atoms with Gasteiger partial charge >= 0.3 is 0 Å². The van der Waals surface area contributed by atoms with Crippen LogP contribution in [0.5, 0.6) is 11.5 Å². The summed E-state index contributed by atoms with van der Waals surface area (Å²) < 4.78 is 10.7. The Labute approximate surface area is 215 Å². The summed E-state index contributed by atoms with van der Waals surface area (Å²) in [4.78, 5) is 43.4. The monoisotopic (exact) mass is 511 g/mol. The van der Waals surface area contributed by atoms with Crippen LogP contribution in [0.3, 0.4) is 0 Å². The lowest BCUT2D eigenvalue weighted by Crippen LogP contribution is -2.55. The first-order chi connectivity index (χ1) is 17.5. The van der Waals surface area contributed by atoms with E-state index in [1.54, 1.807) is 42.5 Å². The molecule has 2 saturated heterocycles. The lowest BCUT2D eigenvalue weighted by atomic mass is 9.87. The van der Waals surface area contributed by atoms with Crippen LogP contribution in [-0.4, -0.2) is 66.5 Å². The molecule has 2 aromatic rings. The van der Waals surface area contributed by atoms with E-state index in [4.69, 9.17) is 21.1 Å². The maximum absolute atomic E-state index is 13.6. The van der Waals surface area contributed by atoms with E-state index in [9.17, 15) is 14.4 Å². The summed E-state index contributed by atoms with van der Waals surface area (Å²) in [7, 11) is 0. The predicted octanol–water partition coefficient (Wildman–Crippen LogP) is 3.73. The molecule has 0 aliphatic carbocycles. The van der Waals surface area contributed by atoms with Gasteiger partial charge in [-0.05, 0) is 80.5 Å². The summed E-state index contributed by atoms with van der Waals surface area (Å²) in [6, 6.07) is 11.3. The Kier molecular flexibility index (Phi) is 7.32. The molecule has 2 aromatic carbocycles. The van der Waals surface area contributed by atoms with Crippen LogP contribution < -0.4 is 14.8 Å². The molecule has 0 bridgehead atoms. The molecule has 3 aliphatic rings. The summed E-state index contributed by atoms with van der Waals surface area (Å²) in [6.07, 6.45) is 4.32. The molecule has 0 unspecified atom stereocenters. The van der Waals surface area contributed by atoms with Crippen molar-refractivity contribution in [2.24, 2.45) is 5.92 Å². The van der Waals surface area contributed by atoms with Crippen LogP contribution in [-0.2, 0) is 4.79 Å². The Hall–Kier alpha value is -3.26. The second-order valence-corrected chi connectivity index (χ2v) is 9.98. The molecule has 2 fully saturated rings. The summed E-state index contributed by atoms with van der Waals surface area (Å²) in [6.45, 7) is 2.60. The molecule has 9 heteroatoms. The Morgan fingerprint density at radius 2 is 1.50 bits per heavy atom. The zero-order valence-electron chi connectivity index (χ0n) is 20.1. The van der Waals surface area contributed by atoms with Crippen molar-refractivity contribution < 1.29 is 23.9 Å². The third kappa shape index (κ3) is 5.28. The number of nitrogens with one attached hydrogen (secondary N) is 1. The number of likely N-dealkylation sites (tertiary alicyclic amines) is 2. The lowest BCUT2D eigenvalue weighted by Gasteiger charge is -2.38. The number of fused-ring (bicyclic) bond motifs is 1. The maximum Gasteiger partial charge on any atom is 0.253 e. The van der Waals surface area contributed by atoms with Crippen molar-refractivity contribution in [3.63, 3.8) is 0 Å². The number of halogens is 1. The molecule has 1 atom stereocenters. The average molecular weight is 512 g/mol. The molecule has 0 spiro atoms. The zero-order valence-corrected chi connectivity index (χ0v) is 20.8. The first-order valence-corrected chi connectivity index (χ1v) is 12.9. The Morgan fingerprint density at radius 1 is 0.833 bits per heavy atom. The van der Waals surface area contributed by atoms with Gasteiger partial charge in [0, 0.05) is 42.3 Å². The summed E-state index contributed by atoms with van der Waals surface area (Å²) in [5, 5.41) is 3.61. The standard InChI is InChI=1S/C27H30ClN3O5/c28-21-7-4-19(5-8-21)26(33)31-14-10-18(11-15-31)24(27(34)30-12-2-1-3-13-30)29-25(32)20-6-9-22-23(16-20)36-17-35-22/h4-9,16,18,24H,1-3,10-15,17H2,(H,29,32)/t24-/m0/s1. The van der Waals surface area contributed by atoms with E-state index in [1.165, 1.54) is 0 Å². The van der Waals surface area contributed by atoms with E-state index in [0.29, 0.717) is 66.7 Å². The molecule has 0 radical (unpaired) electrons. The van der Waals surface area contributed by atoms with Crippen LogP contribution >= 0.6 is 11.6 Å². The molecule has 3 aliphatic heterocycles. The molecular weight excluding hydrogens is 482 g/mol. The van der Waals surface area contributed by atoms with Gasteiger partial charge in [0.2, 0.25) is 12.7 Å². The van der Waals surface area contributed by atoms with Crippen LogP contribution in [0.2, 0.25) is 5.02 Å². The van der Waals surface area contributed by atoms with E-state index < -0.39 is 6.04 Å². The van der Waals surface area contributed by atoms with E-state index in [0.717, 1.165) is 19.3 Å². The van der Waals surface area contributed by atoms with Gasteiger partial charge in [0.15, 0.2) is 11.5 Å². The van der Waals surface area contributed by atoms with Gasteiger partial charge in [-0.25, -0.2) is 0 Å². The first-order valence-electron chi connectivity index (χ1n) is 12.5. The minimum absolute atomic E-state index is 0.0359. The molecule has 8 nitrogen and oxygen atoms in total. The Bertz CT molecular complexity index is 1120. The predicted molar refractivity (Wildman–Crippen MR) is 134 cm³/mol. The fourth-order valence-electron chi connectivity index (χ4n) is 5.17. The summed E-state index contributed by atoms with van der Waals surface area (Å²) in [5.74, 6) is 0.662. The number of hydrogen-bond acceptors (Lipinski definition) is 5. The number of rotatable bonds is 5. The fraction of sp³-hybridized carbons (Fsp3) is 0.444. The summed E-state index contributed by atoms with van der Waals surface area (Å²) >= 11 is 5.95. The Balaban J connectivity index is 1.29. The number of ether oxygens (including phenoxy) is 2. The van der Waals surface area contributed by atoms with E-state index in [-0.39, 0.29) is 30.4 Å². The van der Waals surface area contributed by atoms with Crippen molar-refractivity contribution in [1.29, 1.82) is 0 Å². The van der Waals surface area contributed by atoms with Gasteiger partial charge < -0.3 is 24.6 Å². The van der Waals surface area contributed by atoms with Gasteiger partial charge in [-0.15, -0.1) is 0 Å². The largest absolute Gasteiger partial charge is 0.454 e. The highest BCUT2D eigenvalue weighted by molar-refractivity contribution is 6.30. The number of amides is 3. The first kappa shape index (κ1) is 24.4. The third-order valence-corrected chi connectivity index (χ3v) is 7.50. The lowest BCUT2D eigenvalue weighted by molar-refractivity contribution is -0.136. The second-order valence-electron chi connectivity index (χ2n) is 9.54. The molecule has 3 heterocycles. The van der Waals surface area contributed by atoms with Gasteiger partial charge in [-0.1, -0.05) is 11.6 Å². The number of nitrogens with zero attached hydrogens (tertiary/aromatic N) is 2. The van der Waals surface area contributed by atoms with E-state index in [2.05, 4.69) is 5.32 Å². The molecule has 0 aromatic heterocycles. The number of hydrogen-bond donors (Lipinski definition) is 1. The van der Waals surface area contributed by atoms with Gasteiger partial charge in [-0.3, -0.25) is 14.4 Å². The van der Waals surface area contributed by atoms with Crippen molar-refractivity contribution in [2.75, 3.05) is 33.0 Å². The van der Waals surface area contributed by atoms with Crippen LogP contribution in [0.4, 0.5) is 0 Å². The minimum atomic E-state index is -0.645. The number of piperidine rings is 2. The molecule has 36 heavy (non-hydrogen) atoms. The zero-order chi connectivity index (χ0) is 25.1. The third-order valence-electron chi connectivity index (χ3n) is 7.24. The smallest absolute Gasteiger partial charge is 0.253 e. The van der Waals surface area contributed by atoms with Gasteiger partial charge in [0.1, 0.15) is 6.04 Å². The molecule has 5 rings (SSSR count). The molecule has 190 valence electrons. The summed E-state index contributed by atoms with van der Waals surface area (Å²) in [5.41, 5.74) is 1.01. The second kappa shape index (κ2) is 10.8. The van der Waals surface area contributed by atoms with Crippen LogP contribution in [0.25, 0.3) is 0 Å². The highest BCUT2D eigenvalue weighted by Gasteiger charge is 2.37. The van der Waals surface area contributed by atoms with E-state index >= 15 is 0 Å². The van der Waals surface area contributed by atoms with Gasteiger partial charge in [0.05, 0.1) is 0 Å². The van der Waals surface area contributed by atoms with Crippen molar-refractivity contribution in [3.05, 3.63) is 58.6 Å². The van der Waals surface area contributed by atoms with Crippen molar-refractivity contribution in [2.45, 2.75) is 38.1 Å². The normalized spacial score (nSPS) is 18.6. The minimum Gasteiger partial charge on any atom is -0.454 e. The number of carbonyl (C=O) groups is 3. The topological polar surface area (TPSA) is 88.2 Å². The van der Waals surface area contributed by atoms with Crippen molar-refractivity contribution in [1.82, 2.24) is 15.1 Å². The van der Waals surface area contributed by atoms with Gasteiger partial charge in [-0.2, -0.15) is 0 Å². The van der Waals surface area contributed by atoms with Crippen molar-refractivity contribution in [3.8, 4) is 11.5 Å². The quantitative estimate of drug-likeness (QED) is 0.661. The Morgan fingerprint density at radius 3 is 2.22 bits per heavy atom. The highest BCUT2D eigenvalue weighted by atomic mass is 35.5. The fourth-order valence-corrected chi connectivity index (χ4v) is 5.29. The molecule has 3 amide bonds. The van der Waals surface area contributed by atoms with Gasteiger partial charge in [0.25, 0.3) is 11.8 Å². The molecule has 1 N–H and O–H groups in total. The molecule has 0 saturated carbocycles. The average Bonchev–Trinajstić information content (AvgIpc) is 3.40. The SMILES string of the molecule is O=C(N[C@H](C(=O)N1CCCCC1)C1CCN(C(=O)c2ccc(Cl)cc2)CC1)c1ccc2c(c1)OCO2. The van der Waals surface area contributed by atoms with Crippen molar-refractivity contribution >= 4 is 29.3 Å². The molecular formula is C27H30ClN3O5. The number of benzene rings is 2. The highest BCUT2D eigenvalue weighted by Crippen LogP contribution is 2.33. The van der Waals surface area contributed by atoms with Crippen LogP contribution in [0, 0.1) is 5.92 Å². The van der Waals surface area contributed by atoms with Crippen LogP contribution in [0.15, 0.2) is 42.5 Å².